The molecule has 1 aliphatic heterocycles. The summed E-state index contributed by atoms with van der Waals surface area (Å²) < 4.78 is 28.9. The standard InChI is InChI=1S/C16H11F2N3OS/c17-9-3-4-11(18)12(6-9)21-8-19-15-10(13-2-1-5-23-13)7-14(22)20-16(15)21/h1-6,8,10H,7H2,(H,20,22)/t10-/m1/s1. The Bertz CT molecular complexity index is 889. The second-order valence-electron chi connectivity index (χ2n) is 5.26. The number of imidazole rings is 1. The highest BCUT2D eigenvalue weighted by Gasteiger charge is 2.31. The van der Waals surface area contributed by atoms with Gasteiger partial charge in [0.15, 0.2) is 0 Å². The molecule has 0 bridgehead atoms. The van der Waals surface area contributed by atoms with Crippen LogP contribution >= 0.6 is 11.3 Å². The summed E-state index contributed by atoms with van der Waals surface area (Å²) in [5, 5.41) is 4.66. The number of anilines is 1. The van der Waals surface area contributed by atoms with Crippen LogP contribution in [0.4, 0.5) is 14.6 Å². The Labute approximate surface area is 134 Å². The van der Waals surface area contributed by atoms with Crippen molar-refractivity contribution in [2.45, 2.75) is 12.3 Å². The third-order valence-corrected chi connectivity index (χ3v) is 4.81. The molecule has 3 aromatic rings. The SMILES string of the molecule is O=C1C[C@H](c2cccs2)c2ncn(-c3cc(F)ccc3F)c2N1. The highest BCUT2D eigenvalue weighted by molar-refractivity contribution is 7.10. The van der Waals surface area contributed by atoms with Gasteiger partial charge in [-0.2, -0.15) is 0 Å². The first-order valence-corrected chi connectivity index (χ1v) is 7.87. The third-order valence-electron chi connectivity index (χ3n) is 3.83. The molecule has 1 aromatic carbocycles. The van der Waals surface area contributed by atoms with Crippen LogP contribution in [0.1, 0.15) is 22.9 Å². The van der Waals surface area contributed by atoms with Crippen molar-refractivity contribution in [3.05, 3.63) is 64.2 Å². The molecule has 4 rings (SSSR count). The molecule has 1 atom stereocenters. The van der Waals surface area contributed by atoms with Gasteiger partial charge in [0.1, 0.15) is 23.8 Å². The summed E-state index contributed by atoms with van der Waals surface area (Å²) in [5.74, 6) is -1.09. The summed E-state index contributed by atoms with van der Waals surface area (Å²) in [7, 11) is 0. The number of nitrogens with zero attached hydrogens (tertiary/aromatic N) is 2. The van der Waals surface area contributed by atoms with E-state index in [0.717, 1.165) is 23.1 Å². The number of amides is 1. The topological polar surface area (TPSA) is 46.9 Å². The number of rotatable bonds is 2. The predicted molar refractivity (Wildman–Crippen MR) is 82.9 cm³/mol. The number of aromatic nitrogens is 2. The maximum absolute atomic E-state index is 14.0. The zero-order valence-corrected chi connectivity index (χ0v) is 12.6. The van der Waals surface area contributed by atoms with Crippen LogP contribution in [-0.4, -0.2) is 15.5 Å². The second kappa shape index (κ2) is 5.27. The molecule has 0 aliphatic carbocycles. The predicted octanol–water partition coefficient (Wildman–Crippen LogP) is 3.69. The van der Waals surface area contributed by atoms with Crippen molar-refractivity contribution in [2.75, 3.05) is 5.32 Å². The molecule has 1 amide bonds. The molecule has 3 heterocycles. The lowest BCUT2D eigenvalue weighted by molar-refractivity contribution is -0.116. The molecule has 1 N–H and O–H groups in total. The molecule has 0 spiro atoms. The summed E-state index contributed by atoms with van der Waals surface area (Å²) in [5.41, 5.74) is 0.682. The van der Waals surface area contributed by atoms with Crippen LogP contribution in [0, 0.1) is 11.6 Å². The van der Waals surface area contributed by atoms with Gasteiger partial charge < -0.3 is 5.32 Å². The molecule has 0 saturated heterocycles. The maximum atomic E-state index is 14.0. The second-order valence-corrected chi connectivity index (χ2v) is 6.24. The van der Waals surface area contributed by atoms with E-state index < -0.39 is 11.6 Å². The molecule has 0 fully saturated rings. The summed E-state index contributed by atoms with van der Waals surface area (Å²) in [4.78, 5) is 17.4. The maximum Gasteiger partial charge on any atom is 0.226 e. The zero-order chi connectivity index (χ0) is 16.0. The Hall–Kier alpha value is -2.54. The van der Waals surface area contributed by atoms with Crippen LogP contribution in [-0.2, 0) is 4.79 Å². The monoisotopic (exact) mass is 331 g/mol. The minimum Gasteiger partial charge on any atom is -0.310 e. The number of benzene rings is 1. The fourth-order valence-corrected chi connectivity index (χ4v) is 3.62. The summed E-state index contributed by atoms with van der Waals surface area (Å²) >= 11 is 1.54. The van der Waals surface area contributed by atoms with E-state index in [9.17, 15) is 13.6 Å². The molecule has 116 valence electrons. The van der Waals surface area contributed by atoms with Crippen LogP contribution in [0.25, 0.3) is 5.69 Å². The van der Waals surface area contributed by atoms with Crippen molar-refractivity contribution in [1.82, 2.24) is 9.55 Å². The summed E-state index contributed by atoms with van der Waals surface area (Å²) in [6.07, 6.45) is 1.70. The van der Waals surface area contributed by atoms with E-state index in [0.29, 0.717) is 11.5 Å². The number of halogens is 2. The van der Waals surface area contributed by atoms with E-state index in [1.54, 1.807) is 11.3 Å². The van der Waals surface area contributed by atoms with Crippen molar-refractivity contribution in [1.29, 1.82) is 0 Å². The lowest BCUT2D eigenvalue weighted by atomic mass is 9.96. The van der Waals surface area contributed by atoms with Crippen LogP contribution in [0.5, 0.6) is 0 Å². The van der Waals surface area contributed by atoms with E-state index in [-0.39, 0.29) is 23.9 Å². The van der Waals surface area contributed by atoms with Gasteiger partial charge in [0.05, 0.1) is 11.4 Å². The lowest BCUT2D eigenvalue weighted by Gasteiger charge is -2.22. The van der Waals surface area contributed by atoms with Gasteiger partial charge in [0, 0.05) is 23.3 Å². The number of nitrogens with one attached hydrogen (secondary N) is 1. The quantitative estimate of drug-likeness (QED) is 0.778. The van der Waals surface area contributed by atoms with Crippen LogP contribution in [0.2, 0.25) is 0 Å². The van der Waals surface area contributed by atoms with Crippen molar-refractivity contribution in [3.63, 3.8) is 0 Å². The highest BCUT2D eigenvalue weighted by atomic mass is 32.1. The fourth-order valence-electron chi connectivity index (χ4n) is 2.78. The van der Waals surface area contributed by atoms with E-state index >= 15 is 0 Å². The average molecular weight is 331 g/mol. The Balaban J connectivity index is 1.87. The van der Waals surface area contributed by atoms with E-state index in [1.165, 1.54) is 10.9 Å². The number of carbonyl (C=O) groups is 1. The molecule has 1 aliphatic rings. The Morgan fingerprint density at radius 2 is 2.17 bits per heavy atom. The first-order valence-electron chi connectivity index (χ1n) is 6.99. The van der Waals surface area contributed by atoms with Gasteiger partial charge in [0.2, 0.25) is 5.91 Å². The van der Waals surface area contributed by atoms with Gasteiger partial charge in [-0.25, -0.2) is 13.8 Å². The molecule has 7 heteroatoms. The van der Waals surface area contributed by atoms with Gasteiger partial charge in [-0.1, -0.05) is 6.07 Å². The molecular weight excluding hydrogens is 320 g/mol. The molecule has 0 radical (unpaired) electrons. The van der Waals surface area contributed by atoms with Gasteiger partial charge in [-0.15, -0.1) is 11.3 Å². The minimum absolute atomic E-state index is 0.0193. The first-order chi connectivity index (χ1) is 11.1. The highest BCUT2D eigenvalue weighted by Crippen LogP contribution is 2.39. The van der Waals surface area contributed by atoms with Crippen molar-refractivity contribution < 1.29 is 13.6 Å². The smallest absolute Gasteiger partial charge is 0.226 e. The van der Waals surface area contributed by atoms with Crippen molar-refractivity contribution in [3.8, 4) is 5.69 Å². The number of carbonyl (C=O) groups excluding carboxylic acids is 1. The minimum atomic E-state index is -0.584. The number of hydrogen-bond acceptors (Lipinski definition) is 3. The number of thiophene rings is 1. The Morgan fingerprint density at radius 1 is 1.30 bits per heavy atom. The Kier molecular flexibility index (Phi) is 3.23. The van der Waals surface area contributed by atoms with Crippen molar-refractivity contribution >= 4 is 23.1 Å². The summed E-state index contributed by atoms with van der Waals surface area (Å²) in [6.45, 7) is 0. The first kappa shape index (κ1) is 14.1. The molecular formula is C16H11F2N3OS. The van der Waals surface area contributed by atoms with Crippen molar-refractivity contribution in [2.24, 2.45) is 0 Å². The number of hydrogen-bond donors (Lipinski definition) is 1. The largest absolute Gasteiger partial charge is 0.310 e. The lowest BCUT2D eigenvalue weighted by Crippen LogP contribution is -2.24. The van der Waals surface area contributed by atoms with Crippen LogP contribution < -0.4 is 5.32 Å². The van der Waals surface area contributed by atoms with Gasteiger partial charge >= 0.3 is 0 Å². The van der Waals surface area contributed by atoms with E-state index in [4.69, 9.17) is 0 Å². The third kappa shape index (κ3) is 2.33. The van der Waals surface area contributed by atoms with E-state index in [2.05, 4.69) is 10.3 Å². The number of fused-ring (bicyclic) bond motifs is 1. The Morgan fingerprint density at radius 3 is 2.96 bits per heavy atom. The van der Waals surface area contributed by atoms with Gasteiger partial charge in [-0.3, -0.25) is 9.36 Å². The average Bonchev–Trinajstić information content (AvgIpc) is 3.18. The zero-order valence-electron chi connectivity index (χ0n) is 11.8. The normalized spacial score (nSPS) is 17.0. The van der Waals surface area contributed by atoms with Crippen LogP contribution in [0.3, 0.4) is 0 Å². The molecule has 4 nitrogen and oxygen atoms in total. The van der Waals surface area contributed by atoms with Gasteiger partial charge in [0.25, 0.3) is 0 Å². The van der Waals surface area contributed by atoms with E-state index in [1.807, 2.05) is 17.5 Å². The van der Waals surface area contributed by atoms with Crippen LogP contribution in [0.15, 0.2) is 42.0 Å². The molecule has 23 heavy (non-hydrogen) atoms. The molecule has 0 saturated carbocycles. The fraction of sp³-hybridized carbons (Fsp3) is 0.125. The molecule has 0 unspecified atom stereocenters. The summed E-state index contributed by atoms with van der Waals surface area (Å²) in [6, 6.07) is 7.04. The molecule has 2 aromatic heterocycles. The van der Waals surface area contributed by atoms with Gasteiger partial charge in [-0.05, 0) is 23.6 Å².